The number of nitrogens with one attached hydrogen (secondary N) is 1. The zero-order valence-corrected chi connectivity index (χ0v) is 15.7. The number of oxazole rings is 1. The van der Waals surface area contributed by atoms with Crippen molar-refractivity contribution >= 4 is 34.6 Å². The molecule has 2 N–H and O–H groups in total. The van der Waals surface area contributed by atoms with E-state index in [1.165, 1.54) is 0 Å². The summed E-state index contributed by atoms with van der Waals surface area (Å²) in [5.74, 6) is 0.407. The Morgan fingerprint density at radius 3 is 3.12 bits per heavy atom. The van der Waals surface area contributed by atoms with Gasteiger partial charge in [0.15, 0.2) is 5.58 Å². The van der Waals surface area contributed by atoms with Crippen LogP contribution in [0.1, 0.15) is 38.5 Å². The number of aliphatic hydroxyl groups excluding tert-OH is 1. The molecule has 1 atom stereocenters. The summed E-state index contributed by atoms with van der Waals surface area (Å²) in [4.78, 5) is 18.8. The van der Waals surface area contributed by atoms with Gasteiger partial charge in [0.1, 0.15) is 5.52 Å². The van der Waals surface area contributed by atoms with Gasteiger partial charge in [-0.3, -0.25) is 4.79 Å². The molecule has 1 aliphatic heterocycles. The average Bonchev–Trinajstić information content (AvgIpc) is 3.05. The molecule has 7 heteroatoms. The van der Waals surface area contributed by atoms with E-state index in [9.17, 15) is 4.79 Å². The average molecular weight is 380 g/mol. The molecule has 0 radical (unpaired) electrons. The summed E-state index contributed by atoms with van der Waals surface area (Å²) in [5, 5.41) is 12.4. The number of benzene rings is 1. The quantitative estimate of drug-likeness (QED) is 0.687. The van der Waals surface area contributed by atoms with E-state index >= 15 is 0 Å². The number of carbonyl (C=O) groups is 1. The van der Waals surface area contributed by atoms with Crippen molar-refractivity contribution in [2.75, 3.05) is 31.1 Å². The fourth-order valence-electron chi connectivity index (χ4n) is 3.40. The zero-order valence-electron chi connectivity index (χ0n) is 14.9. The molecule has 142 valence electrons. The number of fused-ring (bicyclic) bond motifs is 1. The summed E-state index contributed by atoms with van der Waals surface area (Å²) in [5.41, 5.74) is 1.49. The first-order chi connectivity index (χ1) is 12.7. The van der Waals surface area contributed by atoms with Gasteiger partial charge in [-0.05, 0) is 50.2 Å². The molecule has 0 spiro atoms. The summed E-state index contributed by atoms with van der Waals surface area (Å²) in [6.45, 7) is 2.56. The van der Waals surface area contributed by atoms with E-state index in [-0.39, 0.29) is 12.5 Å². The molecule has 26 heavy (non-hydrogen) atoms. The van der Waals surface area contributed by atoms with Crippen LogP contribution in [-0.2, 0) is 4.79 Å². The third-order valence-corrected chi connectivity index (χ3v) is 4.99. The minimum Gasteiger partial charge on any atom is -0.423 e. The first-order valence-electron chi connectivity index (χ1n) is 9.34. The van der Waals surface area contributed by atoms with Crippen LogP contribution in [0.25, 0.3) is 11.1 Å². The molecule has 0 aliphatic carbocycles. The number of piperidine rings is 1. The van der Waals surface area contributed by atoms with Crippen molar-refractivity contribution in [3.8, 4) is 0 Å². The smallest absolute Gasteiger partial charge is 0.298 e. The SMILES string of the molecule is O=C(CC1CCCN(c2nc3ccc(Cl)cc3o2)C1)NCCCCCO. The second-order valence-electron chi connectivity index (χ2n) is 6.90. The van der Waals surface area contributed by atoms with Crippen molar-refractivity contribution in [1.82, 2.24) is 10.3 Å². The van der Waals surface area contributed by atoms with Crippen molar-refractivity contribution in [2.45, 2.75) is 38.5 Å². The number of anilines is 1. The van der Waals surface area contributed by atoms with Crippen LogP contribution in [0.4, 0.5) is 6.01 Å². The van der Waals surface area contributed by atoms with Crippen LogP contribution in [0, 0.1) is 5.92 Å². The van der Waals surface area contributed by atoms with Gasteiger partial charge in [0.2, 0.25) is 5.91 Å². The maximum absolute atomic E-state index is 12.1. The lowest BCUT2D eigenvalue weighted by atomic mass is 9.94. The molecule has 0 bridgehead atoms. The molecule has 1 unspecified atom stereocenters. The molecular formula is C19H26ClN3O3. The van der Waals surface area contributed by atoms with E-state index in [1.807, 2.05) is 6.07 Å². The molecule has 2 heterocycles. The monoisotopic (exact) mass is 379 g/mol. The van der Waals surface area contributed by atoms with Gasteiger partial charge >= 0.3 is 0 Å². The first kappa shape index (κ1) is 19.0. The standard InChI is InChI=1S/C19H26ClN3O3/c20-15-6-7-16-17(12-15)26-19(22-16)23-9-4-5-14(13-23)11-18(25)21-8-2-1-3-10-24/h6-7,12,14,24H,1-5,8-11,13H2,(H,21,25). The number of hydrogen-bond donors (Lipinski definition) is 2. The molecule has 1 fully saturated rings. The summed E-state index contributed by atoms with van der Waals surface area (Å²) in [6.07, 6.45) is 5.24. The number of rotatable bonds is 8. The lowest BCUT2D eigenvalue weighted by molar-refractivity contribution is -0.122. The van der Waals surface area contributed by atoms with Crippen molar-refractivity contribution in [1.29, 1.82) is 0 Å². The summed E-state index contributed by atoms with van der Waals surface area (Å²) >= 11 is 6.01. The van der Waals surface area contributed by atoms with Crippen LogP contribution >= 0.6 is 11.6 Å². The fourth-order valence-corrected chi connectivity index (χ4v) is 3.56. The molecule has 3 rings (SSSR count). The van der Waals surface area contributed by atoms with Crippen LogP contribution in [-0.4, -0.2) is 42.2 Å². The normalized spacial score (nSPS) is 17.6. The van der Waals surface area contributed by atoms with Crippen LogP contribution in [0.15, 0.2) is 22.6 Å². The third kappa shape index (κ3) is 5.11. The second-order valence-corrected chi connectivity index (χ2v) is 7.34. The largest absolute Gasteiger partial charge is 0.423 e. The predicted octanol–water partition coefficient (Wildman–Crippen LogP) is 3.37. The topological polar surface area (TPSA) is 78.6 Å². The van der Waals surface area contributed by atoms with E-state index in [2.05, 4.69) is 15.2 Å². The highest BCUT2D eigenvalue weighted by molar-refractivity contribution is 6.31. The van der Waals surface area contributed by atoms with E-state index in [0.717, 1.165) is 50.7 Å². The van der Waals surface area contributed by atoms with Gasteiger partial charge in [-0.1, -0.05) is 11.6 Å². The predicted molar refractivity (Wildman–Crippen MR) is 103 cm³/mol. The summed E-state index contributed by atoms with van der Waals surface area (Å²) in [7, 11) is 0. The van der Waals surface area contributed by atoms with Gasteiger partial charge in [0.25, 0.3) is 6.01 Å². The molecule has 2 aromatic rings. The minimum absolute atomic E-state index is 0.102. The number of carbonyl (C=O) groups excluding carboxylic acids is 1. The number of aromatic nitrogens is 1. The molecule has 1 aromatic carbocycles. The third-order valence-electron chi connectivity index (χ3n) is 4.76. The molecule has 0 saturated carbocycles. The Morgan fingerprint density at radius 2 is 2.27 bits per heavy atom. The molecule has 1 aliphatic rings. The van der Waals surface area contributed by atoms with Gasteiger partial charge in [-0.25, -0.2) is 0 Å². The van der Waals surface area contributed by atoms with Gasteiger partial charge in [0.05, 0.1) is 0 Å². The number of hydrogen-bond acceptors (Lipinski definition) is 5. The Bertz CT molecular complexity index is 734. The Balaban J connectivity index is 1.51. The highest BCUT2D eigenvalue weighted by Crippen LogP contribution is 2.28. The van der Waals surface area contributed by atoms with Crippen molar-refractivity contribution in [3.63, 3.8) is 0 Å². The van der Waals surface area contributed by atoms with E-state index < -0.39 is 0 Å². The Hall–Kier alpha value is -1.79. The lowest BCUT2D eigenvalue weighted by Gasteiger charge is -2.31. The summed E-state index contributed by atoms with van der Waals surface area (Å²) < 4.78 is 5.85. The molecular weight excluding hydrogens is 354 g/mol. The fraction of sp³-hybridized carbons (Fsp3) is 0.579. The van der Waals surface area contributed by atoms with Crippen LogP contribution in [0.5, 0.6) is 0 Å². The maximum atomic E-state index is 12.1. The number of nitrogens with zero attached hydrogens (tertiary/aromatic N) is 2. The number of halogens is 1. The van der Waals surface area contributed by atoms with Crippen molar-refractivity contribution in [2.24, 2.45) is 5.92 Å². The number of amides is 1. The van der Waals surface area contributed by atoms with Crippen molar-refractivity contribution < 1.29 is 14.3 Å². The number of aliphatic hydroxyl groups is 1. The highest BCUT2D eigenvalue weighted by atomic mass is 35.5. The highest BCUT2D eigenvalue weighted by Gasteiger charge is 2.25. The Labute approximate surface area is 158 Å². The lowest BCUT2D eigenvalue weighted by Crippen LogP contribution is -2.38. The number of unbranched alkanes of at least 4 members (excludes halogenated alkanes) is 2. The molecule has 1 amide bonds. The maximum Gasteiger partial charge on any atom is 0.298 e. The van der Waals surface area contributed by atoms with E-state index in [4.69, 9.17) is 21.1 Å². The zero-order chi connectivity index (χ0) is 18.4. The van der Waals surface area contributed by atoms with Crippen LogP contribution < -0.4 is 10.2 Å². The Morgan fingerprint density at radius 1 is 1.38 bits per heavy atom. The molecule has 6 nitrogen and oxygen atoms in total. The van der Waals surface area contributed by atoms with Gasteiger partial charge in [-0.15, -0.1) is 0 Å². The summed E-state index contributed by atoms with van der Waals surface area (Å²) in [6, 6.07) is 6.05. The molecule has 1 saturated heterocycles. The second kappa shape index (κ2) is 9.24. The Kier molecular flexibility index (Phi) is 6.74. The first-order valence-corrected chi connectivity index (χ1v) is 9.72. The minimum atomic E-state index is 0.102. The van der Waals surface area contributed by atoms with Gasteiger partial charge in [-0.2, -0.15) is 4.98 Å². The van der Waals surface area contributed by atoms with Gasteiger partial charge < -0.3 is 19.7 Å². The van der Waals surface area contributed by atoms with Crippen molar-refractivity contribution in [3.05, 3.63) is 23.2 Å². The molecule has 1 aromatic heterocycles. The van der Waals surface area contributed by atoms with Crippen LogP contribution in [0.3, 0.4) is 0 Å². The van der Waals surface area contributed by atoms with Crippen LogP contribution in [0.2, 0.25) is 5.02 Å². The van der Waals surface area contributed by atoms with E-state index in [0.29, 0.717) is 35.5 Å². The van der Waals surface area contributed by atoms with Gasteiger partial charge in [0, 0.05) is 43.8 Å². The van der Waals surface area contributed by atoms with E-state index in [1.54, 1.807) is 12.1 Å².